The van der Waals surface area contributed by atoms with Crippen LogP contribution < -0.4 is 10.2 Å². The highest BCUT2D eigenvalue weighted by molar-refractivity contribution is 6.02. The molecule has 0 unspecified atom stereocenters. The van der Waals surface area contributed by atoms with Crippen LogP contribution in [0.25, 0.3) is 0 Å². The number of amides is 2. The molecule has 1 aromatic carbocycles. The van der Waals surface area contributed by atoms with Gasteiger partial charge in [0.1, 0.15) is 0 Å². The number of nitrogens with one attached hydrogen (secondary N) is 1. The zero-order valence-electron chi connectivity index (χ0n) is 18.0. The summed E-state index contributed by atoms with van der Waals surface area (Å²) < 4.78 is 0. The summed E-state index contributed by atoms with van der Waals surface area (Å²) >= 11 is 0. The molecule has 0 bridgehead atoms. The first kappa shape index (κ1) is 21.6. The molecule has 31 heavy (non-hydrogen) atoms. The van der Waals surface area contributed by atoms with Gasteiger partial charge in [-0.05, 0) is 43.9 Å². The number of rotatable bonds is 6. The fourth-order valence-electron chi connectivity index (χ4n) is 4.37. The Kier molecular flexibility index (Phi) is 6.75. The minimum absolute atomic E-state index is 0.0198. The van der Waals surface area contributed by atoms with Crippen molar-refractivity contribution < 1.29 is 19.5 Å². The number of carbonyl (C=O) groups excluding carboxylic acids is 2. The van der Waals surface area contributed by atoms with Crippen molar-refractivity contribution in [2.45, 2.75) is 38.5 Å². The van der Waals surface area contributed by atoms with Crippen LogP contribution in [-0.4, -0.2) is 78.5 Å². The van der Waals surface area contributed by atoms with Crippen LogP contribution in [0.5, 0.6) is 0 Å². The van der Waals surface area contributed by atoms with Crippen molar-refractivity contribution in [3.05, 3.63) is 23.8 Å². The molecule has 3 fully saturated rings. The maximum Gasteiger partial charge on any atom is 0.337 e. The predicted octanol–water partition coefficient (Wildman–Crippen LogP) is 2.26. The van der Waals surface area contributed by atoms with E-state index in [2.05, 4.69) is 15.1 Å². The second-order valence-corrected chi connectivity index (χ2v) is 8.86. The molecule has 8 heteroatoms. The molecule has 1 saturated carbocycles. The summed E-state index contributed by atoms with van der Waals surface area (Å²) in [6.45, 7) is 5.21. The van der Waals surface area contributed by atoms with E-state index in [1.54, 1.807) is 12.1 Å². The van der Waals surface area contributed by atoms with Crippen molar-refractivity contribution in [3.8, 4) is 0 Å². The van der Waals surface area contributed by atoms with Gasteiger partial charge in [0.15, 0.2) is 0 Å². The van der Waals surface area contributed by atoms with E-state index in [0.29, 0.717) is 12.2 Å². The first-order valence-corrected chi connectivity index (χ1v) is 11.4. The smallest absolute Gasteiger partial charge is 0.337 e. The fourth-order valence-corrected chi connectivity index (χ4v) is 4.37. The summed E-state index contributed by atoms with van der Waals surface area (Å²) in [5.41, 5.74) is 1.31. The molecular weight excluding hydrogens is 396 g/mol. The number of anilines is 2. The van der Waals surface area contributed by atoms with E-state index in [-0.39, 0.29) is 23.3 Å². The molecule has 168 valence electrons. The minimum atomic E-state index is -1.05. The fraction of sp³-hybridized carbons (Fsp3) is 0.609. The van der Waals surface area contributed by atoms with Gasteiger partial charge in [0.2, 0.25) is 11.8 Å². The van der Waals surface area contributed by atoms with E-state index < -0.39 is 5.97 Å². The highest BCUT2D eigenvalue weighted by Gasteiger charge is 2.30. The van der Waals surface area contributed by atoms with Crippen molar-refractivity contribution >= 4 is 29.2 Å². The van der Waals surface area contributed by atoms with E-state index in [1.165, 1.54) is 12.8 Å². The average Bonchev–Trinajstić information content (AvgIpc) is 3.61. The largest absolute Gasteiger partial charge is 0.478 e. The van der Waals surface area contributed by atoms with Gasteiger partial charge in [0.25, 0.3) is 0 Å². The lowest BCUT2D eigenvalue weighted by Gasteiger charge is -2.36. The Hall–Kier alpha value is -2.61. The lowest BCUT2D eigenvalue weighted by Crippen LogP contribution is -2.50. The Balaban J connectivity index is 1.33. The summed E-state index contributed by atoms with van der Waals surface area (Å²) in [6, 6.07) is 5.20. The molecule has 2 saturated heterocycles. The molecular formula is C23H32N4O4. The average molecular weight is 429 g/mol. The van der Waals surface area contributed by atoms with Crippen molar-refractivity contribution in [2.24, 2.45) is 5.92 Å². The third-order valence-corrected chi connectivity index (χ3v) is 6.49. The van der Waals surface area contributed by atoms with Gasteiger partial charge in [-0.2, -0.15) is 0 Å². The van der Waals surface area contributed by atoms with Crippen LogP contribution in [0.15, 0.2) is 18.2 Å². The van der Waals surface area contributed by atoms with E-state index in [0.717, 1.165) is 70.6 Å². The maximum atomic E-state index is 12.6. The monoisotopic (exact) mass is 428 g/mol. The van der Waals surface area contributed by atoms with Crippen LogP contribution in [0, 0.1) is 5.92 Å². The standard InChI is InChI=1S/C23H32N4O4/c28-21(27-9-3-1-2-4-10-27)16-25-11-13-26(14-12-25)18-7-8-20(19(15-18)23(30)31)24-22(29)17-5-6-17/h7-8,15,17H,1-6,9-14,16H2,(H,24,29)(H,30,31). The third kappa shape index (κ3) is 5.55. The molecule has 1 aromatic rings. The number of aromatic carboxylic acids is 1. The first-order valence-electron chi connectivity index (χ1n) is 11.4. The van der Waals surface area contributed by atoms with Gasteiger partial charge in [0, 0.05) is 50.9 Å². The lowest BCUT2D eigenvalue weighted by atomic mass is 10.1. The van der Waals surface area contributed by atoms with Gasteiger partial charge in [-0.15, -0.1) is 0 Å². The van der Waals surface area contributed by atoms with Gasteiger partial charge in [-0.3, -0.25) is 14.5 Å². The molecule has 0 spiro atoms. The quantitative estimate of drug-likeness (QED) is 0.722. The summed E-state index contributed by atoms with van der Waals surface area (Å²) in [5.74, 6) is -0.904. The molecule has 2 heterocycles. The van der Waals surface area contributed by atoms with Crippen molar-refractivity contribution in [1.82, 2.24) is 9.80 Å². The number of carbonyl (C=O) groups is 3. The number of carboxylic acids is 1. The highest BCUT2D eigenvalue weighted by atomic mass is 16.4. The van der Waals surface area contributed by atoms with Crippen LogP contribution in [0.4, 0.5) is 11.4 Å². The SMILES string of the molecule is O=C(O)c1cc(N2CCN(CC(=O)N3CCCCCC3)CC2)ccc1NC(=O)C1CC1. The summed E-state index contributed by atoms with van der Waals surface area (Å²) in [7, 11) is 0. The van der Waals surface area contributed by atoms with E-state index in [1.807, 2.05) is 11.0 Å². The predicted molar refractivity (Wildman–Crippen MR) is 118 cm³/mol. The number of hydrogen-bond acceptors (Lipinski definition) is 5. The number of piperazine rings is 1. The lowest BCUT2D eigenvalue weighted by molar-refractivity contribution is -0.132. The molecule has 2 N–H and O–H groups in total. The van der Waals surface area contributed by atoms with E-state index in [4.69, 9.17) is 0 Å². The number of hydrogen-bond donors (Lipinski definition) is 2. The summed E-state index contributed by atoms with van der Waals surface area (Å²) in [4.78, 5) is 42.8. The normalized spacial score (nSPS) is 20.3. The molecule has 2 amide bonds. The van der Waals surface area contributed by atoms with Gasteiger partial charge in [0.05, 0.1) is 17.8 Å². The van der Waals surface area contributed by atoms with E-state index >= 15 is 0 Å². The Bertz CT molecular complexity index is 823. The first-order chi connectivity index (χ1) is 15.0. The molecule has 0 aromatic heterocycles. The number of likely N-dealkylation sites (tertiary alicyclic amines) is 1. The topological polar surface area (TPSA) is 93.2 Å². The van der Waals surface area contributed by atoms with Gasteiger partial charge >= 0.3 is 5.97 Å². The maximum absolute atomic E-state index is 12.6. The molecule has 2 aliphatic heterocycles. The van der Waals surface area contributed by atoms with Crippen LogP contribution in [0.1, 0.15) is 48.9 Å². The number of benzene rings is 1. The number of carboxylic acid groups (broad SMARTS) is 1. The highest BCUT2D eigenvalue weighted by Crippen LogP contribution is 2.31. The van der Waals surface area contributed by atoms with Gasteiger partial charge in [-0.25, -0.2) is 4.79 Å². The Morgan fingerprint density at radius 1 is 0.935 bits per heavy atom. The van der Waals surface area contributed by atoms with Crippen molar-refractivity contribution in [3.63, 3.8) is 0 Å². The van der Waals surface area contributed by atoms with Crippen LogP contribution in [0.3, 0.4) is 0 Å². The van der Waals surface area contributed by atoms with Crippen molar-refractivity contribution in [2.75, 3.05) is 56.0 Å². The van der Waals surface area contributed by atoms with E-state index in [9.17, 15) is 19.5 Å². The second kappa shape index (κ2) is 9.68. The molecule has 1 aliphatic carbocycles. The molecule has 4 rings (SSSR count). The third-order valence-electron chi connectivity index (χ3n) is 6.49. The van der Waals surface area contributed by atoms with Crippen LogP contribution >= 0.6 is 0 Å². The molecule has 3 aliphatic rings. The molecule has 8 nitrogen and oxygen atoms in total. The Morgan fingerprint density at radius 2 is 1.61 bits per heavy atom. The second-order valence-electron chi connectivity index (χ2n) is 8.86. The number of nitrogens with zero attached hydrogens (tertiary/aromatic N) is 3. The van der Waals surface area contributed by atoms with Crippen LogP contribution in [-0.2, 0) is 9.59 Å². The van der Waals surface area contributed by atoms with Crippen molar-refractivity contribution in [1.29, 1.82) is 0 Å². The minimum Gasteiger partial charge on any atom is -0.478 e. The Labute approximate surface area is 183 Å². The summed E-state index contributed by atoms with van der Waals surface area (Å²) in [6.07, 6.45) is 6.37. The zero-order chi connectivity index (χ0) is 21.8. The van der Waals surface area contributed by atoms with Gasteiger partial charge in [-0.1, -0.05) is 12.8 Å². The summed E-state index contributed by atoms with van der Waals surface area (Å²) in [5, 5.41) is 12.4. The van der Waals surface area contributed by atoms with Crippen LogP contribution in [0.2, 0.25) is 0 Å². The zero-order valence-corrected chi connectivity index (χ0v) is 18.0. The molecule has 0 radical (unpaired) electrons. The molecule has 0 atom stereocenters. The van der Waals surface area contributed by atoms with Gasteiger partial charge < -0.3 is 20.2 Å². The Morgan fingerprint density at radius 3 is 2.23 bits per heavy atom.